The van der Waals surface area contributed by atoms with Crippen molar-refractivity contribution in [2.24, 2.45) is 5.41 Å². The zero-order valence-electron chi connectivity index (χ0n) is 13.9. The van der Waals surface area contributed by atoms with Crippen molar-refractivity contribution in [3.63, 3.8) is 0 Å². The molecule has 2 atom stereocenters. The average molecular weight is 368 g/mol. The normalized spacial score (nSPS) is 25.5. The summed E-state index contributed by atoms with van der Waals surface area (Å²) < 4.78 is 34.4. The van der Waals surface area contributed by atoms with E-state index in [1.807, 2.05) is 0 Å². The number of carbonyl (C=O) groups is 1. The van der Waals surface area contributed by atoms with Gasteiger partial charge in [-0.15, -0.1) is 0 Å². The van der Waals surface area contributed by atoms with Crippen LogP contribution in [0.5, 0.6) is 0 Å². The molecule has 1 saturated carbocycles. The van der Waals surface area contributed by atoms with E-state index in [1.165, 1.54) is 0 Å². The molecule has 8 heteroatoms. The predicted octanol–water partition coefficient (Wildman–Crippen LogP) is 2.80. The molecular weight excluding hydrogens is 342 g/mol. The highest BCUT2D eigenvalue weighted by molar-refractivity contribution is 8.13. The van der Waals surface area contributed by atoms with Crippen LogP contribution in [0.3, 0.4) is 0 Å². The Balaban J connectivity index is 2.18. The van der Waals surface area contributed by atoms with E-state index in [9.17, 15) is 13.2 Å². The van der Waals surface area contributed by atoms with Crippen molar-refractivity contribution >= 4 is 25.8 Å². The molecule has 134 valence electrons. The number of halogens is 1. The van der Waals surface area contributed by atoms with Crippen LogP contribution in [0.2, 0.25) is 0 Å². The summed E-state index contributed by atoms with van der Waals surface area (Å²) in [5.74, 6) is -0.151. The van der Waals surface area contributed by atoms with E-state index >= 15 is 0 Å². The summed E-state index contributed by atoms with van der Waals surface area (Å²) in [5.41, 5.74) is -1.18. The number of hydrogen-bond acceptors (Lipinski definition) is 5. The molecule has 1 N–H and O–H groups in total. The molecule has 0 spiro atoms. The SMILES string of the molecule is CC(C)(C)OC(=O)NC(C1CCCO1)C1(CS(=O)(=O)Cl)CCC1. The van der Waals surface area contributed by atoms with E-state index in [0.717, 1.165) is 19.3 Å². The van der Waals surface area contributed by atoms with Gasteiger partial charge in [0.1, 0.15) is 5.60 Å². The Morgan fingerprint density at radius 3 is 2.43 bits per heavy atom. The Bertz CT molecular complexity index is 533. The van der Waals surface area contributed by atoms with Gasteiger partial charge in [0, 0.05) is 22.7 Å². The van der Waals surface area contributed by atoms with Crippen molar-refractivity contribution in [1.82, 2.24) is 5.32 Å². The first-order valence-electron chi connectivity index (χ1n) is 8.04. The Kier molecular flexibility index (Phi) is 5.53. The maximum absolute atomic E-state index is 12.2. The maximum Gasteiger partial charge on any atom is 0.407 e. The molecule has 0 bridgehead atoms. The van der Waals surface area contributed by atoms with Crippen molar-refractivity contribution in [2.45, 2.75) is 70.6 Å². The molecule has 23 heavy (non-hydrogen) atoms. The Morgan fingerprint density at radius 2 is 2.04 bits per heavy atom. The zero-order chi connectivity index (χ0) is 17.3. The van der Waals surface area contributed by atoms with Gasteiger partial charge in [-0.25, -0.2) is 13.2 Å². The fourth-order valence-corrected chi connectivity index (χ4v) is 5.27. The lowest BCUT2D eigenvalue weighted by Crippen LogP contribution is -2.59. The molecule has 1 saturated heterocycles. The van der Waals surface area contributed by atoms with E-state index in [2.05, 4.69) is 5.32 Å². The van der Waals surface area contributed by atoms with Gasteiger partial charge in [0.2, 0.25) is 9.05 Å². The van der Waals surface area contributed by atoms with Gasteiger partial charge in [-0.2, -0.15) is 0 Å². The minimum Gasteiger partial charge on any atom is -0.444 e. The lowest BCUT2D eigenvalue weighted by atomic mass is 9.63. The van der Waals surface area contributed by atoms with Gasteiger partial charge in [-0.05, 0) is 46.5 Å². The van der Waals surface area contributed by atoms with Crippen molar-refractivity contribution in [3.05, 3.63) is 0 Å². The highest BCUT2D eigenvalue weighted by Gasteiger charge is 2.51. The van der Waals surface area contributed by atoms with Crippen molar-refractivity contribution in [2.75, 3.05) is 12.4 Å². The molecule has 1 aliphatic heterocycles. The zero-order valence-corrected chi connectivity index (χ0v) is 15.5. The Hall–Kier alpha value is -0.530. The van der Waals surface area contributed by atoms with Gasteiger partial charge in [0.25, 0.3) is 0 Å². The van der Waals surface area contributed by atoms with Crippen LogP contribution in [0.1, 0.15) is 52.9 Å². The fraction of sp³-hybridized carbons (Fsp3) is 0.933. The Labute approximate surface area is 142 Å². The number of nitrogens with one attached hydrogen (secondary N) is 1. The third-order valence-corrected chi connectivity index (χ3v) is 5.72. The second-order valence-electron chi connectivity index (χ2n) is 7.57. The first-order chi connectivity index (χ1) is 10.5. The van der Waals surface area contributed by atoms with Crippen LogP contribution < -0.4 is 5.32 Å². The van der Waals surface area contributed by atoms with E-state index in [4.69, 9.17) is 20.2 Å². The van der Waals surface area contributed by atoms with E-state index in [0.29, 0.717) is 19.4 Å². The number of ether oxygens (including phenoxy) is 2. The van der Waals surface area contributed by atoms with Gasteiger partial charge in [-0.3, -0.25) is 0 Å². The smallest absolute Gasteiger partial charge is 0.407 e. The largest absolute Gasteiger partial charge is 0.444 e. The predicted molar refractivity (Wildman–Crippen MR) is 88.1 cm³/mol. The van der Waals surface area contributed by atoms with Gasteiger partial charge in [-0.1, -0.05) is 6.42 Å². The number of alkyl carbamates (subject to hydrolysis) is 1. The molecule has 0 radical (unpaired) electrons. The van der Waals surface area contributed by atoms with Crippen LogP contribution in [0.4, 0.5) is 4.79 Å². The molecular formula is C15H26ClNO5S. The third kappa shape index (κ3) is 5.22. The molecule has 6 nitrogen and oxygen atoms in total. The van der Waals surface area contributed by atoms with E-state index in [-0.39, 0.29) is 11.9 Å². The molecule has 0 aromatic heterocycles. The Morgan fingerprint density at radius 1 is 1.39 bits per heavy atom. The first kappa shape index (κ1) is 18.8. The van der Waals surface area contributed by atoms with Crippen LogP contribution in [0.15, 0.2) is 0 Å². The quantitative estimate of drug-likeness (QED) is 0.755. The van der Waals surface area contributed by atoms with Crippen molar-refractivity contribution < 1.29 is 22.7 Å². The lowest BCUT2D eigenvalue weighted by molar-refractivity contribution is -0.0152. The summed E-state index contributed by atoms with van der Waals surface area (Å²) in [7, 11) is 1.85. The van der Waals surface area contributed by atoms with Crippen LogP contribution >= 0.6 is 10.7 Å². The van der Waals surface area contributed by atoms with Crippen molar-refractivity contribution in [1.29, 1.82) is 0 Å². The molecule has 2 aliphatic rings. The van der Waals surface area contributed by atoms with Crippen LogP contribution in [-0.2, 0) is 18.5 Å². The standard InChI is InChI=1S/C15H26ClNO5S/c1-14(2,3)22-13(18)17-12(11-6-4-9-21-11)15(7-5-8-15)10-23(16,19)20/h11-12H,4-10H2,1-3H3,(H,17,18). The number of hydrogen-bond donors (Lipinski definition) is 1. The molecule has 1 amide bonds. The highest BCUT2D eigenvalue weighted by atomic mass is 35.7. The summed E-state index contributed by atoms with van der Waals surface area (Å²) in [6.07, 6.45) is 3.30. The number of rotatable bonds is 5. The minimum atomic E-state index is -3.66. The first-order valence-corrected chi connectivity index (χ1v) is 10.5. The highest BCUT2D eigenvalue weighted by Crippen LogP contribution is 2.48. The van der Waals surface area contributed by atoms with Gasteiger partial charge < -0.3 is 14.8 Å². The number of amides is 1. The van der Waals surface area contributed by atoms with Crippen LogP contribution in [0.25, 0.3) is 0 Å². The van der Waals surface area contributed by atoms with Crippen LogP contribution in [0, 0.1) is 5.41 Å². The van der Waals surface area contributed by atoms with Gasteiger partial charge in [0.05, 0.1) is 17.9 Å². The maximum atomic E-state index is 12.2. The van der Waals surface area contributed by atoms with Gasteiger partial charge in [0.15, 0.2) is 0 Å². The lowest BCUT2D eigenvalue weighted by Gasteiger charge is -2.49. The monoisotopic (exact) mass is 367 g/mol. The molecule has 0 aromatic rings. The molecule has 2 fully saturated rings. The molecule has 2 rings (SSSR count). The van der Waals surface area contributed by atoms with E-state index in [1.54, 1.807) is 20.8 Å². The minimum absolute atomic E-state index is 0.151. The summed E-state index contributed by atoms with van der Waals surface area (Å²) >= 11 is 0. The summed E-state index contributed by atoms with van der Waals surface area (Å²) in [5, 5.41) is 2.87. The number of carbonyl (C=O) groups excluding carboxylic acids is 1. The van der Waals surface area contributed by atoms with Crippen molar-refractivity contribution in [3.8, 4) is 0 Å². The fourth-order valence-electron chi connectivity index (χ4n) is 3.46. The molecule has 2 unspecified atom stereocenters. The second-order valence-corrected chi connectivity index (χ2v) is 10.4. The summed E-state index contributed by atoms with van der Waals surface area (Å²) in [6.45, 7) is 5.99. The van der Waals surface area contributed by atoms with Gasteiger partial charge >= 0.3 is 6.09 Å². The molecule has 1 heterocycles. The summed E-state index contributed by atoms with van der Waals surface area (Å²) in [4.78, 5) is 12.2. The third-order valence-electron chi connectivity index (χ3n) is 4.48. The second kappa shape index (κ2) is 6.76. The molecule has 0 aromatic carbocycles. The van der Waals surface area contributed by atoms with E-state index < -0.39 is 32.2 Å². The average Bonchev–Trinajstić information content (AvgIpc) is 2.81. The molecule has 1 aliphatic carbocycles. The summed E-state index contributed by atoms with van der Waals surface area (Å²) in [6, 6.07) is -0.401. The van der Waals surface area contributed by atoms with Crippen LogP contribution in [-0.4, -0.2) is 44.6 Å². The topological polar surface area (TPSA) is 81.7 Å².